The molecule has 1 aromatic carbocycles. The van der Waals surface area contributed by atoms with Crippen molar-refractivity contribution in [3.05, 3.63) is 34.9 Å². The number of benzene rings is 1. The van der Waals surface area contributed by atoms with Crippen LogP contribution < -0.4 is 0 Å². The average molecular weight is 318 g/mol. The fourth-order valence-electron chi connectivity index (χ4n) is 2.72. The first-order valence-electron chi connectivity index (χ1n) is 6.58. The number of carbonyl (C=O) groups is 1. The molecule has 5 heteroatoms. The lowest BCUT2D eigenvalue weighted by molar-refractivity contribution is -0.146. The molecule has 1 aliphatic rings. The second-order valence-corrected chi connectivity index (χ2v) is 5.80. The standard InChI is InChI=1S/C15H20ClNO2.ClH/c1-4-19-14(18)15(9-12(15)10-17(2)3)11-5-7-13(16)8-6-11;/h5-8,12H,4,9-10H2,1-3H3;1H/t12?,15-;/m1./s1. The van der Waals surface area contributed by atoms with Crippen LogP contribution in [0.15, 0.2) is 24.3 Å². The maximum absolute atomic E-state index is 12.3. The van der Waals surface area contributed by atoms with Gasteiger partial charge < -0.3 is 9.64 Å². The van der Waals surface area contributed by atoms with E-state index >= 15 is 0 Å². The minimum atomic E-state index is -0.467. The van der Waals surface area contributed by atoms with Crippen LogP contribution >= 0.6 is 24.0 Å². The predicted molar refractivity (Wildman–Crippen MR) is 83.7 cm³/mol. The molecule has 0 saturated heterocycles. The predicted octanol–water partition coefficient (Wildman–Crippen LogP) is 3.14. The van der Waals surface area contributed by atoms with Crippen LogP contribution in [0.4, 0.5) is 0 Å². The van der Waals surface area contributed by atoms with Gasteiger partial charge >= 0.3 is 5.97 Å². The van der Waals surface area contributed by atoms with Crippen LogP contribution in [0.25, 0.3) is 0 Å². The molecule has 112 valence electrons. The summed E-state index contributed by atoms with van der Waals surface area (Å²) < 4.78 is 5.28. The number of hydrogen-bond acceptors (Lipinski definition) is 3. The highest BCUT2D eigenvalue weighted by Crippen LogP contribution is 2.55. The van der Waals surface area contributed by atoms with Crippen molar-refractivity contribution in [2.24, 2.45) is 5.92 Å². The van der Waals surface area contributed by atoms with Crippen LogP contribution in [-0.4, -0.2) is 38.1 Å². The average Bonchev–Trinajstić information content (AvgIpc) is 3.04. The Hall–Kier alpha value is -0.770. The first-order chi connectivity index (χ1) is 9.00. The lowest BCUT2D eigenvalue weighted by Gasteiger charge is -2.18. The molecule has 1 aromatic rings. The number of ether oxygens (including phenoxy) is 1. The number of halogens is 2. The van der Waals surface area contributed by atoms with Crippen LogP contribution in [0.5, 0.6) is 0 Å². The maximum Gasteiger partial charge on any atom is 0.316 e. The summed E-state index contributed by atoms with van der Waals surface area (Å²) in [5.74, 6) is 0.215. The number of hydrogen-bond donors (Lipinski definition) is 0. The van der Waals surface area contributed by atoms with Gasteiger partial charge in [-0.05, 0) is 51.1 Å². The molecule has 1 unspecified atom stereocenters. The molecule has 0 radical (unpaired) electrons. The van der Waals surface area contributed by atoms with Gasteiger partial charge in [0.15, 0.2) is 0 Å². The molecule has 2 rings (SSSR count). The van der Waals surface area contributed by atoms with Gasteiger partial charge in [0.1, 0.15) is 0 Å². The summed E-state index contributed by atoms with van der Waals surface area (Å²) >= 11 is 5.92. The highest BCUT2D eigenvalue weighted by atomic mass is 35.5. The van der Waals surface area contributed by atoms with E-state index in [-0.39, 0.29) is 18.4 Å². The van der Waals surface area contributed by atoms with Crippen LogP contribution in [0.2, 0.25) is 5.02 Å². The molecular formula is C15H21Cl2NO2. The Morgan fingerprint density at radius 3 is 2.50 bits per heavy atom. The molecule has 20 heavy (non-hydrogen) atoms. The van der Waals surface area contributed by atoms with Crippen LogP contribution in [-0.2, 0) is 14.9 Å². The third-order valence-electron chi connectivity index (χ3n) is 3.69. The van der Waals surface area contributed by atoms with Gasteiger partial charge in [0.25, 0.3) is 0 Å². The first kappa shape index (κ1) is 17.3. The zero-order valence-electron chi connectivity index (χ0n) is 12.1. The fourth-order valence-corrected chi connectivity index (χ4v) is 2.85. The highest BCUT2D eigenvalue weighted by molar-refractivity contribution is 6.30. The molecule has 1 fully saturated rings. The van der Waals surface area contributed by atoms with Crippen molar-refractivity contribution in [2.75, 3.05) is 27.2 Å². The van der Waals surface area contributed by atoms with Gasteiger partial charge in [0.2, 0.25) is 0 Å². The largest absolute Gasteiger partial charge is 0.465 e. The van der Waals surface area contributed by atoms with E-state index in [1.165, 1.54) is 0 Å². The van der Waals surface area contributed by atoms with Crippen molar-refractivity contribution in [3.8, 4) is 0 Å². The second-order valence-electron chi connectivity index (χ2n) is 5.36. The topological polar surface area (TPSA) is 29.5 Å². The number of esters is 1. The summed E-state index contributed by atoms with van der Waals surface area (Å²) in [5, 5.41) is 0.688. The summed E-state index contributed by atoms with van der Waals surface area (Å²) in [6.07, 6.45) is 0.853. The Kier molecular flexibility index (Phi) is 5.87. The van der Waals surface area contributed by atoms with Crippen molar-refractivity contribution >= 4 is 30.0 Å². The van der Waals surface area contributed by atoms with Crippen molar-refractivity contribution in [1.29, 1.82) is 0 Å². The second kappa shape index (κ2) is 6.79. The van der Waals surface area contributed by atoms with E-state index < -0.39 is 5.41 Å². The van der Waals surface area contributed by atoms with Crippen LogP contribution in [0.1, 0.15) is 18.9 Å². The van der Waals surface area contributed by atoms with Gasteiger partial charge in [-0.15, -0.1) is 12.4 Å². The van der Waals surface area contributed by atoms with Crippen molar-refractivity contribution < 1.29 is 9.53 Å². The monoisotopic (exact) mass is 317 g/mol. The van der Waals surface area contributed by atoms with Crippen molar-refractivity contribution in [3.63, 3.8) is 0 Å². The Labute approximate surface area is 131 Å². The summed E-state index contributed by atoms with van der Waals surface area (Å²) in [4.78, 5) is 14.4. The Morgan fingerprint density at radius 1 is 1.40 bits per heavy atom. The molecule has 0 bridgehead atoms. The molecule has 2 atom stereocenters. The molecule has 1 aliphatic carbocycles. The summed E-state index contributed by atoms with van der Waals surface area (Å²) in [5.41, 5.74) is 0.549. The smallest absolute Gasteiger partial charge is 0.316 e. The minimum absolute atomic E-state index is 0. The van der Waals surface area contributed by atoms with Crippen molar-refractivity contribution in [2.45, 2.75) is 18.8 Å². The van der Waals surface area contributed by atoms with Gasteiger partial charge in [0.05, 0.1) is 12.0 Å². The molecule has 0 amide bonds. The van der Waals surface area contributed by atoms with E-state index in [1.54, 1.807) is 0 Å². The zero-order chi connectivity index (χ0) is 14.0. The van der Waals surface area contributed by atoms with E-state index in [0.717, 1.165) is 18.5 Å². The molecule has 0 aliphatic heterocycles. The van der Waals surface area contributed by atoms with Gasteiger partial charge in [-0.25, -0.2) is 0 Å². The van der Waals surface area contributed by atoms with Gasteiger partial charge in [-0.1, -0.05) is 23.7 Å². The van der Waals surface area contributed by atoms with E-state index in [9.17, 15) is 4.79 Å². The number of nitrogens with zero attached hydrogens (tertiary/aromatic N) is 1. The molecule has 1 saturated carbocycles. The summed E-state index contributed by atoms with van der Waals surface area (Å²) in [6.45, 7) is 3.15. The van der Waals surface area contributed by atoms with E-state index in [2.05, 4.69) is 4.90 Å². The molecule has 0 spiro atoms. The number of carbonyl (C=O) groups excluding carboxylic acids is 1. The molecule has 0 heterocycles. The molecule has 3 nitrogen and oxygen atoms in total. The lowest BCUT2D eigenvalue weighted by Crippen LogP contribution is -2.29. The Balaban J connectivity index is 0.00000200. The van der Waals surface area contributed by atoms with Crippen LogP contribution in [0, 0.1) is 5.92 Å². The molecule has 0 aromatic heterocycles. The summed E-state index contributed by atoms with van der Waals surface area (Å²) in [7, 11) is 4.05. The SMILES string of the molecule is CCOC(=O)[C@@]1(c2ccc(Cl)cc2)CC1CN(C)C.Cl. The van der Waals surface area contributed by atoms with Gasteiger partial charge in [-0.3, -0.25) is 4.79 Å². The fraction of sp³-hybridized carbons (Fsp3) is 0.533. The highest BCUT2D eigenvalue weighted by Gasteiger charge is 2.62. The van der Waals surface area contributed by atoms with Gasteiger partial charge in [0, 0.05) is 11.6 Å². The van der Waals surface area contributed by atoms with Crippen LogP contribution in [0.3, 0.4) is 0 Å². The number of rotatable bonds is 5. The molecule has 0 N–H and O–H groups in total. The van der Waals surface area contributed by atoms with Gasteiger partial charge in [-0.2, -0.15) is 0 Å². The zero-order valence-corrected chi connectivity index (χ0v) is 13.6. The Morgan fingerprint density at radius 2 is 2.00 bits per heavy atom. The quantitative estimate of drug-likeness (QED) is 0.781. The minimum Gasteiger partial charge on any atom is -0.465 e. The normalized spacial score (nSPS) is 24.1. The van der Waals surface area contributed by atoms with E-state index in [4.69, 9.17) is 16.3 Å². The van der Waals surface area contributed by atoms with Crippen molar-refractivity contribution in [1.82, 2.24) is 4.90 Å². The molecular weight excluding hydrogens is 297 g/mol. The lowest BCUT2D eigenvalue weighted by atomic mass is 9.93. The Bertz CT molecular complexity index is 461. The van der Waals surface area contributed by atoms with E-state index in [1.807, 2.05) is 45.3 Å². The summed E-state index contributed by atoms with van der Waals surface area (Å²) in [6, 6.07) is 7.55. The first-order valence-corrected chi connectivity index (χ1v) is 6.96. The third kappa shape index (κ3) is 3.27. The van der Waals surface area contributed by atoms with E-state index in [0.29, 0.717) is 17.5 Å². The third-order valence-corrected chi connectivity index (χ3v) is 3.94. The maximum atomic E-state index is 12.3.